The van der Waals surface area contributed by atoms with Crippen LogP contribution in [0.3, 0.4) is 0 Å². The van der Waals surface area contributed by atoms with Gasteiger partial charge in [-0.05, 0) is 37.0 Å². The first-order valence-electron chi connectivity index (χ1n) is 9.66. The van der Waals surface area contributed by atoms with E-state index in [1.165, 1.54) is 11.1 Å². The van der Waals surface area contributed by atoms with Crippen LogP contribution in [0.25, 0.3) is 5.78 Å². The van der Waals surface area contributed by atoms with Crippen LogP contribution in [0.1, 0.15) is 33.7 Å². The zero-order chi connectivity index (χ0) is 19.3. The molecule has 1 saturated heterocycles. The molecule has 2 atom stereocenters. The number of hydrogen-bond acceptors (Lipinski definition) is 5. The molecule has 7 nitrogen and oxygen atoms in total. The molecule has 3 aromatic rings. The third-order valence-corrected chi connectivity index (χ3v) is 6.19. The van der Waals surface area contributed by atoms with Crippen molar-refractivity contribution in [2.75, 3.05) is 13.1 Å². The molecule has 28 heavy (non-hydrogen) atoms. The highest BCUT2D eigenvalue weighted by atomic mass is 16.3. The highest BCUT2D eigenvalue weighted by Crippen LogP contribution is 2.32. The topological polar surface area (TPSA) is 82.8 Å². The quantitative estimate of drug-likeness (QED) is 0.669. The number of imidazole rings is 1. The standard InChI is InChI=1S/C21H23N5O2/c1-14-6-8-22-20-24-17(12-26(14)20)19(28)25-9-7-21(18(27)13-25)10-15-4-2-3-5-16(15)11-23-21/h2-6,8,12,18,23,27H,7,9-11,13H2,1H3/t18-,21+/m1/s1. The van der Waals surface area contributed by atoms with Crippen LogP contribution in [0.5, 0.6) is 0 Å². The van der Waals surface area contributed by atoms with Gasteiger partial charge in [-0.25, -0.2) is 9.97 Å². The van der Waals surface area contributed by atoms with Crippen LogP contribution in [0, 0.1) is 6.92 Å². The summed E-state index contributed by atoms with van der Waals surface area (Å²) in [7, 11) is 0. The van der Waals surface area contributed by atoms with E-state index in [-0.39, 0.29) is 11.4 Å². The van der Waals surface area contributed by atoms with Crippen LogP contribution in [-0.2, 0) is 13.0 Å². The van der Waals surface area contributed by atoms with E-state index in [9.17, 15) is 9.90 Å². The fraction of sp³-hybridized carbons (Fsp3) is 0.381. The van der Waals surface area contributed by atoms with Crippen molar-refractivity contribution in [3.05, 3.63) is 65.2 Å². The molecule has 2 aliphatic heterocycles. The average molecular weight is 377 g/mol. The average Bonchev–Trinajstić information content (AvgIpc) is 3.15. The van der Waals surface area contributed by atoms with Gasteiger partial charge in [0.25, 0.3) is 5.91 Å². The zero-order valence-corrected chi connectivity index (χ0v) is 15.8. The SMILES string of the molecule is Cc1ccnc2nc(C(=O)N3CC[C@]4(Cc5ccccc5CN4)[C@H](O)C3)cn12. The number of amides is 1. The maximum Gasteiger partial charge on any atom is 0.274 e. The Hall–Kier alpha value is -2.77. The molecule has 1 fully saturated rings. The minimum absolute atomic E-state index is 0.157. The number of carbonyl (C=O) groups excluding carboxylic acids is 1. The first-order chi connectivity index (χ1) is 13.6. The molecule has 2 aliphatic rings. The maximum absolute atomic E-state index is 13.0. The monoisotopic (exact) mass is 377 g/mol. The second kappa shape index (κ2) is 6.39. The second-order valence-electron chi connectivity index (χ2n) is 7.85. The van der Waals surface area contributed by atoms with Crippen molar-refractivity contribution in [2.24, 2.45) is 0 Å². The van der Waals surface area contributed by atoms with E-state index in [0.29, 0.717) is 31.0 Å². The smallest absolute Gasteiger partial charge is 0.274 e. The summed E-state index contributed by atoms with van der Waals surface area (Å²) < 4.78 is 1.81. The van der Waals surface area contributed by atoms with Crippen molar-refractivity contribution in [3.8, 4) is 0 Å². The summed E-state index contributed by atoms with van der Waals surface area (Å²) in [5.41, 5.74) is 3.53. The molecular weight excluding hydrogens is 354 g/mol. The lowest BCUT2D eigenvalue weighted by molar-refractivity contribution is -0.0140. The summed E-state index contributed by atoms with van der Waals surface area (Å²) in [6, 6.07) is 10.2. The fourth-order valence-electron chi connectivity index (χ4n) is 4.43. The summed E-state index contributed by atoms with van der Waals surface area (Å²) in [4.78, 5) is 23.3. The van der Waals surface area contributed by atoms with Gasteiger partial charge in [-0.2, -0.15) is 0 Å². The number of aromatic nitrogens is 3. The Morgan fingerprint density at radius 1 is 1.29 bits per heavy atom. The van der Waals surface area contributed by atoms with E-state index in [2.05, 4.69) is 27.4 Å². The number of hydrogen-bond donors (Lipinski definition) is 2. The summed E-state index contributed by atoms with van der Waals surface area (Å²) >= 11 is 0. The lowest BCUT2D eigenvalue weighted by Crippen LogP contribution is -2.65. The summed E-state index contributed by atoms with van der Waals surface area (Å²) in [5, 5.41) is 14.5. The third-order valence-electron chi connectivity index (χ3n) is 6.19. The fourth-order valence-corrected chi connectivity index (χ4v) is 4.43. The van der Waals surface area contributed by atoms with E-state index < -0.39 is 6.10 Å². The molecule has 2 N–H and O–H groups in total. The summed E-state index contributed by atoms with van der Waals surface area (Å²) in [5.74, 6) is 0.359. The van der Waals surface area contributed by atoms with Gasteiger partial charge in [-0.1, -0.05) is 24.3 Å². The minimum atomic E-state index is -0.629. The lowest BCUT2D eigenvalue weighted by Gasteiger charge is -2.48. The Labute approximate surface area is 163 Å². The highest BCUT2D eigenvalue weighted by molar-refractivity contribution is 5.93. The van der Waals surface area contributed by atoms with Gasteiger partial charge < -0.3 is 15.3 Å². The van der Waals surface area contributed by atoms with Crippen molar-refractivity contribution >= 4 is 11.7 Å². The maximum atomic E-state index is 13.0. The number of aliphatic hydroxyl groups is 1. The van der Waals surface area contributed by atoms with Gasteiger partial charge in [0.05, 0.1) is 11.6 Å². The Balaban J connectivity index is 1.35. The minimum Gasteiger partial charge on any atom is -0.389 e. The summed E-state index contributed by atoms with van der Waals surface area (Å²) in [6.45, 7) is 3.59. The second-order valence-corrected chi connectivity index (χ2v) is 7.85. The number of rotatable bonds is 1. The molecule has 2 aromatic heterocycles. The number of piperidine rings is 1. The van der Waals surface area contributed by atoms with Gasteiger partial charge in [-0.3, -0.25) is 9.20 Å². The van der Waals surface area contributed by atoms with Gasteiger partial charge in [0, 0.05) is 37.7 Å². The molecule has 1 amide bonds. The number of aliphatic hydroxyl groups excluding tert-OH is 1. The van der Waals surface area contributed by atoms with Gasteiger partial charge >= 0.3 is 0 Å². The van der Waals surface area contributed by atoms with Crippen molar-refractivity contribution < 1.29 is 9.90 Å². The largest absolute Gasteiger partial charge is 0.389 e. The normalized spacial score (nSPS) is 24.5. The molecule has 0 unspecified atom stereocenters. The summed E-state index contributed by atoms with van der Waals surface area (Å²) in [6.07, 6.45) is 4.28. The van der Waals surface area contributed by atoms with Crippen molar-refractivity contribution in [1.82, 2.24) is 24.6 Å². The molecule has 7 heteroatoms. The zero-order valence-electron chi connectivity index (χ0n) is 15.8. The Morgan fingerprint density at radius 2 is 2.11 bits per heavy atom. The Kier molecular flexibility index (Phi) is 3.96. The van der Waals surface area contributed by atoms with Crippen LogP contribution in [0.15, 0.2) is 42.7 Å². The molecule has 4 heterocycles. The van der Waals surface area contributed by atoms with Gasteiger partial charge in [-0.15, -0.1) is 0 Å². The number of nitrogens with one attached hydrogen (secondary N) is 1. The molecule has 0 radical (unpaired) electrons. The van der Waals surface area contributed by atoms with Gasteiger partial charge in [0.15, 0.2) is 0 Å². The Morgan fingerprint density at radius 3 is 2.89 bits per heavy atom. The van der Waals surface area contributed by atoms with Crippen LogP contribution in [0.2, 0.25) is 0 Å². The molecule has 0 bridgehead atoms. The number of nitrogens with zero attached hydrogens (tertiary/aromatic N) is 4. The molecule has 0 saturated carbocycles. The van der Waals surface area contributed by atoms with Crippen molar-refractivity contribution in [2.45, 2.75) is 38.0 Å². The van der Waals surface area contributed by atoms with Gasteiger partial charge in [0.1, 0.15) is 5.69 Å². The van der Waals surface area contributed by atoms with E-state index >= 15 is 0 Å². The van der Waals surface area contributed by atoms with E-state index in [1.807, 2.05) is 29.5 Å². The number of β-amino-alcohol motifs (C(OH)–C–C–N with tert-alkyl or cyclic N) is 1. The van der Waals surface area contributed by atoms with Crippen LogP contribution in [-0.4, -0.2) is 55.0 Å². The van der Waals surface area contributed by atoms with Crippen LogP contribution < -0.4 is 5.32 Å². The molecule has 144 valence electrons. The van der Waals surface area contributed by atoms with Crippen LogP contribution >= 0.6 is 0 Å². The van der Waals surface area contributed by atoms with E-state index in [4.69, 9.17) is 0 Å². The predicted molar refractivity (Wildman–Crippen MR) is 104 cm³/mol. The highest BCUT2D eigenvalue weighted by Gasteiger charge is 2.45. The molecule has 5 rings (SSSR count). The number of benzene rings is 1. The third kappa shape index (κ3) is 2.70. The lowest BCUT2D eigenvalue weighted by atomic mass is 9.76. The number of aryl methyl sites for hydroxylation is 1. The number of fused-ring (bicyclic) bond motifs is 2. The molecule has 0 aliphatic carbocycles. The molecular formula is C21H23N5O2. The predicted octanol–water partition coefficient (Wildman–Crippen LogP) is 1.33. The first kappa shape index (κ1) is 17.3. The van der Waals surface area contributed by atoms with Crippen molar-refractivity contribution in [1.29, 1.82) is 0 Å². The van der Waals surface area contributed by atoms with Crippen molar-refractivity contribution in [3.63, 3.8) is 0 Å². The first-order valence-corrected chi connectivity index (χ1v) is 9.66. The van der Waals surface area contributed by atoms with Gasteiger partial charge in [0.2, 0.25) is 5.78 Å². The number of carbonyl (C=O) groups is 1. The molecule has 1 spiro atoms. The number of likely N-dealkylation sites (tertiary alicyclic amines) is 1. The molecule has 1 aromatic carbocycles. The van der Waals surface area contributed by atoms with E-state index in [1.54, 1.807) is 17.3 Å². The Bertz CT molecular complexity index is 1060. The van der Waals surface area contributed by atoms with E-state index in [0.717, 1.165) is 18.7 Å². The van der Waals surface area contributed by atoms with Crippen LogP contribution in [0.4, 0.5) is 0 Å².